The van der Waals surface area contributed by atoms with Crippen molar-refractivity contribution in [2.75, 3.05) is 19.6 Å². The first kappa shape index (κ1) is 11.8. The molecule has 2 saturated heterocycles. The lowest BCUT2D eigenvalue weighted by atomic mass is 9.92. The number of hydrogen-bond acceptors (Lipinski definition) is 2. The molecule has 4 heteroatoms. The molecule has 3 rings (SSSR count). The zero-order chi connectivity index (χ0) is 12.1. The molecule has 2 aliphatic heterocycles. The Morgan fingerprint density at radius 1 is 1.24 bits per heavy atom. The van der Waals surface area contributed by atoms with Gasteiger partial charge in [0.05, 0.1) is 0 Å². The number of nitrogens with one attached hydrogen (secondary N) is 1. The molecule has 0 aromatic rings. The molecule has 17 heavy (non-hydrogen) atoms. The Kier molecular flexibility index (Phi) is 2.71. The van der Waals surface area contributed by atoms with Gasteiger partial charge in [0.15, 0.2) is 0 Å². The molecule has 1 spiro atoms. The molecule has 2 heterocycles. The van der Waals surface area contributed by atoms with E-state index in [1.54, 1.807) is 0 Å². The summed E-state index contributed by atoms with van der Waals surface area (Å²) in [7, 11) is 0. The predicted molar refractivity (Wildman–Crippen MR) is 63.3 cm³/mol. The first-order chi connectivity index (χ1) is 8.01. The van der Waals surface area contributed by atoms with Gasteiger partial charge in [-0.3, -0.25) is 0 Å². The highest BCUT2D eigenvalue weighted by molar-refractivity contribution is 5.11. The van der Waals surface area contributed by atoms with Crippen molar-refractivity contribution in [2.45, 2.75) is 57.0 Å². The van der Waals surface area contributed by atoms with E-state index in [1.165, 1.54) is 12.8 Å². The van der Waals surface area contributed by atoms with Crippen LogP contribution in [0.3, 0.4) is 0 Å². The smallest absolute Gasteiger partial charge is 0.254 e. The van der Waals surface area contributed by atoms with Crippen LogP contribution >= 0.6 is 0 Å². The lowest BCUT2D eigenvalue weighted by Gasteiger charge is -2.33. The maximum atomic E-state index is 13.2. The van der Waals surface area contributed by atoms with Gasteiger partial charge in [0.25, 0.3) is 5.92 Å². The highest BCUT2D eigenvalue weighted by Crippen LogP contribution is 2.65. The fraction of sp³-hybridized carbons (Fsp3) is 1.00. The maximum Gasteiger partial charge on any atom is 0.254 e. The minimum atomic E-state index is -2.35. The second-order valence-corrected chi connectivity index (χ2v) is 6.30. The van der Waals surface area contributed by atoms with E-state index in [-0.39, 0.29) is 6.42 Å². The molecule has 1 aliphatic carbocycles. The van der Waals surface area contributed by atoms with Crippen molar-refractivity contribution in [3.05, 3.63) is 0 Å². The third-order valence-corrected chi connectivity index (χ3v) is 4.97. The summed E-state index contributed by atoms with van der Waals surface area (Å²) in [5.74, 6) is -2.35. The van der Waals surface area contributed by atoms with Gasteiger partial charge in [-0.1, -0.05) is 0 Å². The van der Waals surface area contributed by atoms with Gasteiger partial charge >= 0.3 is 0 Å². The van der Waals surface area contributed by atoms with E-state index in [0.29, 0.717) is 24.9 Å². The average molecular weight is 244 g/mol. The van der Waals surface area contributed by atoms with E-state index in [4.69, 9.17) is 0 Å². The van der Waals surface area contributed by atoms with E-state index in [1.807, 2.05) is 0 Å². The molecule has 3 aliphatic rings. The number of alkyl halides is 2. The first-order valence-electron chi connectivity index (χ1n) is 6.87. The first-order valence-corrected chi connectivity index (χ1v) is 6.87. The summed E-state index contributed by atoms with van der Waals surface area (Å²) in [4.78, 5) is 2.37. The fourth-order valence-electron chi connectivity index (χ4n) is 3.56. The Balaban J connectivity index is 1.46. The summed E-state index contributed by atoms with van der Waals surface area (Å²) < 4.78 is 26.5. The normalized spacial score (nSPS) is 39.7. The Bertz CT molecular complexity index is 298. The van der Waals surface area contributed by atoms with Gasteiger partial charge in [0, 0.05) is 30.5 Å². The van der Waals surface area contributed by atoms with Crippen LogP contribution < -0.4 is 5.32 Å². The highest BCUT2D eigenvalue weighted by atomic mass is 19.3. The van der Waals surface area contributed by atoms with Gasteiger partial charge in [0.2, 0.25) is 0 Å². The van der Waals surface area contributed by atoms with Crippen molar-refractivity contribution in [2.24, 2.45) is 5.41 Å². The SMILES string of the molecule is CC1CCC(CN2CCC3(CC2)CC3(F)F)N1. The summed E-state index contributed by atoms with van der Waals surface area (Å²) >= 11 is 0. The molecule has 98 valence electrons. The molecular weight excluding hydrogens is 222 g/mol. The Labute approximate surface area is 102 Å². The zero-order valence-electron chi connectivity index (χ0n) is 10.5. The van der Waals surface area contributed by atoms with Crippen LogP contribution in [0.1, 0.15) is 39.0 Å². The van der Waals surface area contributed by atoms with Gasteiger partial charge in [-0.15, -0.1) is 0 Å². The summed E-state index contributed by atoms with van der Waals surface area (Å²) in [5.41, 5.74) is -0.597. The van der Waals surface area contributed by atoms with E-state index in [9.17, 15) is 8.78 Å². The van der Waals surface area contributed by atoms with Crippen LogP contribution in [-0.4, -0.2) is 42.5 Å². The summed E-state index contributed by atoms with van der Waals surface area (Å²) in [6.07, 6.45) is 4.02. The molecule has 0 aromatic carbocycles. The summed E-state index contributed by atoms with van der Waals surface area (Å²) in [6.45, 7) is 4.99. The molecule has 0 bridgehead atoms. The quantitative estimate of drug-likeness (QED) is 0.801. The van der Waals surface area contributed by atoms with Crippen molar-refractivity contribution in [3.8, 4) is 0 Å². The second kappa shape index (κ2) is 3.89. The number of halogens is 2. The fourth-order valence-corrected chi connectivity index (χ4v) is 3.56. The number of rotatable bonds is 2. The third kappa shape index (κ3) is 2.10. The van der Waals surface area contributed by atoms with Crippen LogP contribution in [-0.2, 0) is 0 Å². The largest absolute Gasteiger partial charge is 0.310 e. The van der Waals surface area contributed by atoms with Crippen LogP contribution in [0.2, 0.25) is 0 Å². The van der Waals surface area contributed by atoms with Crippen molar-refractivity contribution >= 4 is 0 Å². The lowest BCUT2D eigenvalue weighted by molar-refractivity contribution is 0.0300. The van der Waals surface area contributed by atoms with Crippen molar-refractivity contribution < 1.29 is 8.78 Å². The van der Waals surface area contributed by atoms with Crippen molar-refractivity contribution in [1.82, 2.24) is 10.2 Å². The van der Waals surface area contributed by atoms with Gasteiger partial charge in [-0.05, 0) is 45.7 Å². The van der Waals surface area contributed by atoms with Crippen LogP contribution in [0.15, 0.2) is 0 Å². The number of nitrogens with zero attached hydrogens (tertiary/aromatic N) is 1. The minimum absolute atomic E-state index is 0.145. The second-order valence-electron chi connectivity index (χ2n) is 6.30. The van der Waals surface area contributed by atoms with Crippen molar-refractivity contribution in [1.29, 1.82) is 0 Å². The standard InChI is InChI=1S/C13H22F2N2/c1-10-2-3-11(16-10)8-17-6-4-12(5-7-17)9-13(12,14)15/h10-11,16H,2-9H2,1H3. The Morgan fingerprint density at radius 3 is 2.35 bits per heavy atom. The predicted octanol–water partition coefficient (Wildman–Crippen LogP) is 2.25. The van der Waals surface area contributed by atoms with Gasteiger partial charge in [0.1, 0.15) is 0 Å². The maximum absolute atomic E-state index is 13.2. The van der Waals surface area contributed by atoms with Crippen LogP contribution in [0, 0.1) is 5.41 Å². The molecule has 0 aromatic heterocycles. The third-order valence-electron chi connectivity index (χ3n) is 4.97. The van der Waals surface area contributed by atoms with Gasteiger partial charge in [-0.25, -0.2) is 8.78 Å². The topological polar surface area (TPSA) is 15.3 Å². The molecule has 2 nitrogen and oxygen atoms in total. The number of hydrogen-bond donors (Lipinski definition) is 1. The van der Waals surface area contributed by atoms with E-state index in [2.05, 4.69) is 17.1 Å². The van der Waals surface area contributed by atoms with E-state index >= 15 is 0 Å². The highest BCUT2D eigenvalue weighted by Gasteiger charge is 2.70. The zero-order valence-corrected chi connectivity index (χ0v) is 10.5. The number of likely N-dealkylation sites (tertiary alicyclic amines) is 1. The van der Waals surface area contributed by atoms with Crippen molar-refractivity contribution in [3.63, 3.8) is 0 Å². The molecule has 3 fully saturated rings. The van der Waals surface area contributed by atoms with Crippen LogP contribution in [0.25, 0.3) is 0 Å². The lowest BCUT2D eigenvalue weighted by Crippen LogP contribution is -2.44. The average Bonchev–Trinajstić information content (AvgIpc) is 2.59. The number of piperidine rings is 1. The molecule has 1 saturated carbocycles. The van der Waals surface area contributed by atoms with Gasteiger partial charge in [-0.2, -0.15) is 0 Å². The van der Waals surface area contributed by atoms with Gasteiger partial charge < -0.3 is 10.2 Å². The molecule has 0 amide bonds. The molecule has 1 N–H and O–H groups in total. The molecular formula is C13H22F2N2. The molecule has 0 radical (unpaired) electrons. The summed E-state index contributed by atoms with van der Waals surface area (Å²) in [6, 6.07) is 1.21. The van der Waals surface area contributed by atoms with Crippen LogP contribution in [0.4, 0.5) is 8.78 Å². The van der Waals surface area contributed by atoms with E-state index < -0.39 is 11.3 Å². The van der Waals surface area contributed by atoms with Crippen LogP contribution in [0.5, 0.6) is 0 Å². The monoisotopic (exact) mass is 244 g/mol. The minimum Gasteiger partial charge on any atom is -0.310 e. The molecule has 2 unspecified atom stereocenters. The van der Waals surface area contributed by atoms with E-state index in [0.717, 1.165) is 19.6 Å². The molecule has 2 atom stereocenters. The summed E-state index contributed by atoms with van der Waals surface area (Å²) in [5, 5.41) is 3.56. The Morgan fingerprint density at radius 2 is 1.88 bits per heavy atom. The Hall–Kier alpha value is -0.220.